The second-order valence-electron chi connectivity index (χ2n) is 5.32. The van der Waals surface area contributed by atoms with Gasteiger partial charge in [-0.1, -0.05) is 28.1 Å². The quantitative estimate of drug-likeness (QED) is 0.662. The van der Waals surface area contributed by atoms with Gasteiger partial charge in [-0.15, -0.1) is 0 Å². The van der Waals surface area contributed by atoms with E-state index in [0.29, 0.717) is 19.1 Å². The van der Waals surface area contributed by atoms with Crippen molar-refractivity contribution in [1.82, 2.24) is 5.32 Å². The first-order chi connectivity index (χ1) is 9.79. The Labute approximate surface area is 130 Å². The molecule has 1 unspecified atom stereocenters. The van der Waals surface area contributed by atoms with Crippen LogP contribution in [0.15, 0.2) is 28.7 Å². The molecule has 0 spiro atoms. The van der Waals surface area contributed by atoms with E-state index in [-0.39, 0.29) is 0 Å². The standard InChI is InChI=1S/C16H24BrNO2/c1-19-10-11-20-9-8-14(12-18-16-6-7-16)13-2-4-15(17)5-3-13/h2-5,14,16,18H,6-12H2,1H3. The maximum Gasteiger partial charge on any atom is 0.0700 e. The molecule has 1 atom stereocenters. The van der Waals surface area contributed by atoms with E-state index in [4.69, 9.17) is 9.47 Å². The van der Waals surface area contributed by atoms with Gasteiger partial charge in [-0.05, 0) is 42.9 Å². The highest BCUT2D eigenvalue weighted by Gasteiger charge is 2.22. The fraction of sp³-hybridized carbons (Fsp3) is 0.625. The Morgan fingerprint density at radius 3 is 2.60 bits per heavy atom. The third-order valence-corrected chi connectivity index (χ3v) is 4.14. The third kappa shape index (κ3) is 5.92. The van der Waals surface area contributed by atoms with Crippen LogP contribution < -0.4 is 5.32 Å². The molecule has 0 heterocycles. The number of methoxy groups -OCH3 is 1. The number of nitrogens with one attached hydrogen (secondary N) is 1. The van der Waals surface area contributed by atoms with E-state index in [0.717, 1.165) is 30.1 Å². The maximum absolute atomic E-state index is 5.61. The lowest BCUT2D eigenvalue weighted by Crippen LogP contribution is -2.24. The first-order valence-electron chi connectivity index (χ1n) is 7.35. The van der Waals surface area contributed by atoms with E-state index in [1.807, 2.05) is 0 Å². The van der Waals surface area contributed by atoms with Gasteiger partial charge in [-0.3, -0.25) is 0 Å². The van der Waals surface area contributed by atoms with Crippen LogP contribution in [0.5, 0.6) is 0 Å². The highest BCUT2D eigenvalue weighted by molar-refractivity contribution is 9.10. The maximum atomic E-state index is 5.61. The number of hydrogen-bond donors (Lipinski definition) is 1. The average molecular weight is 342 g/mol. The number of benzene rings is 1. The van der Waals surface area contributed by atoms with E-state index in [1.54, 1.807) is 7.11 Å². The monoisotopic (exact) mass is 341 g/mol. The van der Waals surface area contributed by atoms with Crippen LogP contribution in [-0.4, -0.2) is 39.5 Å². The molecule has 2 rings (SSSR count). The predicted molar refractivity (Wildman–Crippen MR) is 85.2 cm³/mol. The zero-order chi connectivity index (χ0) is 14.2. The van der Waals surface area contributed by atoms with Gasteiger partial charge in [-0.25, -0.2) is 0 Å². The largest absolute Gasteiger partial charge is 0.382 e. The predicted octanol–water partition coefficient (Wildman–Crippen LogP) is 3.34. The first kappa shape index (κ1) is 16.0. The van der Waals surface area contributed by atoms with Crippen LogP contribution in [0.3, 0.4) is 0 Å². The highest BCUT2D eigenvalue weighted by atomic mass is 79.9. The summed E-state index contributed by atoms with van der Waals surface area (Å²) >= 11 is 3.49. The van der Waals surface area contributed by atoms with E-state index in [2.05, 4.69) is 45.5 Å². The number of rotatable bonds is 10. The molecule has 1 aromatic carbocycles. The van der Waals surface area contributed by atoms with Gasteiger partial charge in [0.1, 0.15) is 0 Å². The molecule has 0 radical (unpaired) electrons. The number of hydrogen-bond acceptors (Lipinski definition) is 3. The summed E-state index contributed by atoms with van der Waals surface area (Å²) in [4.78, 5) is 0. The molecule has 1 N–H and O–H groups in total. The van der Waals surface area contributed by atoms with Crippen molar-refractivity contribution >= 4 is 15.9 Å². The molecule has 20 heavy (non-hydrogen) atoms. The van der Waals surface area contributed by atoms with Gasteiger partial charge >= 0.3 is 0 Å². The van der Waals surface area contributed by atoms with Crippen molar-refractivity contribution in [1.29, 1.82) is 0 Å². The van der Waals surface area contributed by atoms with Gasteiger partial charge in [0, 0.05) is 30.8 Å². The Balaban J connectivity index is 1.80. The molecule has 3 nitrogen and oxygen atoms in total. The fourth-order valence-corrected chi connectivity index (χ4v) is 2.45. The van der Waals surface area contributed by atoms with Crippen molar-refractivity contribution in [2.24, 2.45) is 0 Å². The summed E-state index contributed by atoms with van der Waals surface area (Å²) in [5.74, 6) is 0.520. The van der Waals surface area contributed by atoms with Crippen molar-refractivity contribution in [3.05, 3.63) is 34.3 Å². The molecule has 1 fully saturated rings. The molecule has 0 aromatic heterocycles. The molecular formula is C16H24BrNO2. The molecule has 0 aliphatic heterocycles. The van der Waals surface area contributed by atoms with Gasteiger partial charge in [-0.2, -0.15) is 0 Å². The molecule has 4 heteroatoms. The molecule has 1 aliphatic rings. The van der Waals surface area contributed by atoms with Crippen LogP contribution in [0.1, 0.15) is 30.7 Å². The topological polar surface area (TPSA) is 30.5 Å². The number of ether oxygens (including phenoxy) is 2. The Morgan fingerprint density at radius 2 is 1.95 bits per heavy atom. The summed E-state index contributed by atoms with van der Waals surface area (Å²) in [6.45, 7) is 3.18. The second kappa shape index (κ2) is 8.78. The van der Waals surface area contributed by atoms with Gasteiger partial charge < -0.3 is 14.8 Å². The Kier molecular flexibility index (Phi) is 7.00. The summed E-state index contributed by atoms with van der Waals surface area (Å²) in [7, 11) is 1.70. The van der Waals surface area contributed by atoms with Gasteiger partial charge in [0.05, 0.1) is 13.2 Å². The van der Waals surface area contributed by atoms with Crippen LogP contribution in [0.2, 0.25) is 0 Å². The zero-order valence-electron chi connectivity index (χ0n) is 12.1. The van der Waals surface area contributed by atoms with E-state index in [9.17, 15) is 0 Å². The molecule has 112 valence electrons. The molecule has 0 saturated heterocycles. The molecule has 1 aromatic rings. The van der Waals surface area contributed by atoms with Crippen molar-refractivity contribution < 1.29 is 9.47 Å². The Hall–Kier alpha value is -0.420. The SMILES string of the molecule is COCCOCCC(CNC1CC1)c1ccc(Br)cc1. The smallest absolute Gasteiger partial charge is 0.0700 e. The summed E-state index contributed by atoms with van der Waals surface area (Å²) in [6.07, 6.45) is 3.71. The lowest BCUT2D eigenvalue weighted by atomic mass is 9.96. The first-order valence-corrected chi connectivity index (χ1v) is 8.14. The average Bonchev–Trinajstić information content (AvgIpc) is 3.27. The lowest BCUT2D eigenvalue weighted by Gasteiger charge is -2.18. The summed E-state index contributed by atoms with van der Waals surface area (Å²) in [6, 6.07) is 9.40. The van der Waals surface area contributed by atoms with Crippen LogP contribution >= 0.6 is 15.9 Å². The highest BCUT2D eigenvalue weighted by Crippen LogP contribution is 2.24. The van der Waals surface area contributed by atoms with Crippen LogP contribution in [-0.2, 0) is 9.47 Å². The van der Waals surface area contributed by atoms with Crippen molar-refractivity contribution in [3.8, 4) is 0 Å². The summed E-state index contributed by atoms with van der Waals surface area (Å²) < 4.78 is 11.7. The summed E-state index contributed by atoms with van der Waals surface area (Å²) in [5, 5.41) is 3.63. The fourth-order valence-electron chi connectivity index (χ4n) is 2.19. The van der Waals surface area contributed by atoms with Gasteiger partial charge in [0.25, 0.3) is 0 Å². The molecular weight excluding hydrogens is 318 g/mol. The van der Waals surface area contributed by atoms with Crippen molar-refractivity contribution in [2.45, 2.75) is 31.2 Å². The zero-order valence-corrected chi connectivity index (χ0v) is 13.7. The van der Waals surface area contributed by atoms with E-state index in [1.165, 1.54) is 18.4 Å². The second-order valence-corrected chi connectivity index (χ2v) is 6.24. The normalized spacial score (nSPS) is 16.3. The third-order valence-electron chi connectivity index (χ3n) is 3.61. The van der Waals surface area contributed by atoms with Crippen LogP contribution in [0, 0.1) is 0 Å². The van der Waals surface area contributed by atoms with Crippen LogP contribution in [0.4, 0.5) is 0 Å². The van der Waals surface area contributed by atoms with Crippen LogP contribution in [0.25, 0.3) is 0 Å². The minimum absolute atomic E-state index is 0.520. The Bertz CT molecular complexity index is 379. The van der Waals surface area contributed by atoms with Gasteiger partial charge in [0.15, 0.2) is 0 Å². The molecule has 1 saturated carbocycles. The molecule has 1 aliphatic carbocycles. The summed E-state index contributed by atoms with van der Waals surface area (Å²) in [5.41, 5.74) is 1.39. The minimum Gasteiger partial charge on any atom is -0.382 e. The molecule has 0 bridgehead atoms. The number of halogens is 1. The van der Waals surface area contributed by atoms with Crippen molar-refractivity contribution in [3.63, 3.8) is 0 Å². The Morgan fingerprint density at radius 1 is 1.20 bits per heavy atom. The van der Waals surface area contributed by atoms with Crippen molar-refractivity contribution in [2.75, 3.05) is 33.5 Å². The lowest BCUT2D eigenvalue weighted by molar-refractivity contribution is 0.0669. The van der Waals surface area contributed by atoms with Gasteiger partial charge in [0.2, 0.25) is 0 Å². The van der Waals surface area contributed by atoms with E-state index >= 15 is 0 Å². The van der Waals surface area contributed by atoms with E-state index < -0.39 is 0 Å². The minimum atomic E-state index is 0.520. The molecule has 0 amide bonds.